The van der Waals surface area contributed by atoms with E-state index in [9.17, 15) is 0 Å². The van der Waals surface area contributed by atoms with E-state index in [4.69, 9.17) is 0 Å². The van der Waals surface area contributed by atoms with E-state index in [0.29, 0.717) is 0 Å². The first kappa shape index (κ1) is 11.1. The molecular weight excluding hydrogens is 154 g/mol. The van der Waals surface area contributed by atoms with Crippen LogP contribution in [0.1, 0.15) is 20.3 Å². The van der Waals surface area contributed by atoms with E-state index >= 15 is 0 Å². The van der Waals surface area contributed by atoms with Gasteiger partial charge in [0, 0.05) is 12.3 Å². The van der Waals surface area contributed by atoms with Crippen LogP contribution in [-0.2, 0) is 0 Å². The van der Waals surface area contributed by atoms with Crippen molar-refractivity contribution in [2.45, 2.75) is 20.3 Å². The number of nitrogens with zero attached hydrogens (tertiary/aromatic N) is 1. The lowest BCUT2D eigenvalue weighted by molar-refractivity contribution is 0.319. The molecular formula is C9H19NS. The highest BCUT2D eigenvalue weighted by atomic mass is 32.1. The maximum Gasteiger partial charge on any atom is 0.0163 e. The second-order valence-corrected chi connectivity index (χ2v) is 2.91. The minimum Gasteiger partial charge on any atom is -0.300 e. The molecule has 0 radical (unpaired) electrons. The van der Waals surface area contributed by atoms with Crippen LogP contribution >= 0.6 is 12.6 Å². The molecule has 0 fully saturated rings. The molecule has 0 saturated heterocycles. The highest BCUT2D eigenvalue weighted by molar-refractivity contribution is 7.80. The molecule has 0 heterocycles. The van der Waals surface area contributed by atoms with Gasteiger partial charge in [-0.2, -0.15) is 12.6 Å². The summed E-state index contributed by atoms with van der Waals surface area (Å²) in [6.07, 6.45) is 5.52. The van der Waals surface area contributed by atoms with Crippen molar-refractivity contribution in [2.24, 2.45) is 0 Å². The monoisotopic (exact) mass is 173 g/mol. The van der Waals surface area contributed by atoms with Crippen LogP contribution in [0.2, 0.25) is 0 Å². The highest BCUT2D eigenvalue weighted by Crippen LogP contribution is 1.91. The van der Waals surface area contributed by atoms with Crippen LogP contribution in [-0.4, -0.2) is 30.3 Å². The van der Waals surface area contributed by atoms with Crippen molar-refractivity contribution in [3.05, 3.63) is 12.2 Å². The quantitative estimate of drug-likeness (QED) is 0.476. The van der Waals surface area contributed by atoms with Gasteiger partial charge in [-0.25, -0.2) is 0 Å². The Hall–Kier alpha value is 0.0500. The molecule has 0 aromatic heterocycles. The molecule has 0 aliphatic heterocycles. The summed E-state index contributed by atoms with van der Waals surface area (Å²) in [6, 6.07) is 0. The molecule has 0 spiro atoms. The molecule has 0 unspecified atom stereocenters. The third-order valence-electron chi connectivity index (χ3n) is 1.62. The minimum atomic E-state index is 0.851. The van der Waals surface area contributed by atoms with E-state index in [1.54, 1.807) is 0 Å². The van der Waals surface area contributed by atoms with Crippen molar-refractivity contribution in [3.8, 4) is 0 Å². The SMILES string of the molecule is CCCN(CC)CC=CCS. The Morgan fingerprint density at radius 1 is 1.27 bits per heavy atom. The minimum absolute atomic E-state index is 0.851. The van der Waals surface area contributed by atoms with Crippen molar-refractivity contribution in [1.29, 1.82) is 0 Å². The lowest BCUT2D eigenvalue weighted by Crippen LogP contribution is -2.24. The fourth-order valence-corrected chi connectivity index (χ4v) is 1.14. The van der Waals surface area contributed by atoms with Gasteiger partial charge in [0.05, 0.1) is 0 Å². The second kappa shape index (κ2) is 8.15. The second-order valence-electron chi connectivity index (χ2n) is 2.55. The van der Waals surface area contributed by atoms with E-state index < -0.39 is 0 Å². The zero-order valence-electron chi connectivity index (χ0n) is 7.58. The number of hydrogen-bond donors (Lipinski definition) is 1. The fourth-order valence-electron chi connectivity index (χ4n) is 0.993. The average Bonchev–Trinajstić information content (AvgIpc) is 2.03. The molecule has 2 heteroatoms. The lowest BCUT2D eigenvalue weighted by Gasteiger charge is -2.16. The molecule has 0 aliphatic rings. The van der Waals surface area contributed by atoms with Crippen LogP contribution in [0, 0.1) is 0 Å². The standard InChI is InChI=1S/C9H19NS/c1-3-7-10(4-2)8-5-6-9-11/h5-6,11H,3-4,7-9H2,1-2H3. The first-order valence-corrected chi connectivity index (χ1v) is 4.96. The third-order valence-corrected chi connectivity index (χ3v) is 1.83. The highest BCUT2D eigenvalue weighted by Gasteiger charge is 1.95. The molecule has 0 aromatic carbocycles. The topological polar surface area (TPSA) is 3.24 Å². The van der Waals surface area contributed by atoms with E-state index in [1.165, 1.54) is 13.0 Å². The maximum absolute atomic E-state index is 4.10. The van der Waals surface area contributed by atoms with Gasteiger partial charge in [-0.05, 0) is 19.5 Å². The summed E-state index contributed by atoms with van der Waals surface area (Å²) < 4.78 is 0. The first-order valence-electron chi connectivity index (χ1n) is 4.33. The van der Waals surface area contributed by atoms with Gasteiger partial charge >= 0.3 is 0 Å². The van der Waals surface area contributed by atoms with Crippen LogP contribution in [0.15, 0.2) is 12.2 Å². The van der Waals surface area contributed by atoms with Gasteiger partial charge in [0.25, 0.3) is 0 Å². The lowest BCUT2D eigenvalue weighted by atomic mass is 10.4. The number of rotatable bonds is 6. The van der Waals surface area contributed by atoms with Crippen molar-refractivity contribution in [3.63, 3.8) is 0 Å². The van der Waals surface area contributed by atoms with E-state index in [0.717, 1.165) is 18.8 Å². The van der Waals surface area contributed by atoms with Crippen LogP contribution in [0.5, 0.6) is 0 Å². The summed E-state index contributed by atoms with van der Waals surface area (Å²) in [5.74, 6) is 0.851. The predicted molar refractivity (Wildman–Crippen MR) is 55.4 cm³/mol. The summed E-state index contributed by atoms with van der Waals surface area (Å²) in [5, 5.41) is 0. The Balaban J connectivity index is 3.42. The largest absolute Gasteiger partial charge is 0.300 e. The van der Waals surface area contributed by atoms with Gasteiger partial charge in [-0.15, -0.1) is 0 Å². The summed E-state index contributed by atoms with van der Waals surface area (Å²) in [6.45, 7) is 7.83. The molecule has 0 rings (SSSR count). The maximum atomic E-state index is 4.10. The molecule has 66 valence electrons. The van der Waals surface area contributed by atoms with Crippen LogP contribution in [0.25, 0.3) is 0 Å². The Labute approximate surface area is 75.9 Å². The number of likely N-dealkylation sites (N-methyl/N-ethyl adjacent to an activating group) is 1. The molecule has 0 bridgehead atoms. The Bertz CT molecular complexity index is 102. The van der Waals surface area contributed by atoms with Gasteiger partial charge in [-0.3, -0.25) is 4.90 Å². The van der Waals surface area contributed by atoms with Crippen LogP contribution in [0.4, 0.5) is 0 Å². The summed E-state index contributed by atoms with van der Waals surface area (Å²) in [5.41, 5.74) is 0. The van der Waals surface area contributed by atoms with Crippen LogP contribution < -0.4 is 0 Å². The summed E-state index contributed by atoms with van der Waals surface area (Å²) in [4.78, 5) is 2.42. The van der Waals surface area contributed by atoms with Gasteiger partial charge in [0.15, 0.2) is 0 Å². The molecule has 0 N–H and O–H groups in total. The number of thiol groups is 1. The van der Waals surface area contributed by atoms with Crippen LogP contribution in [0.3, 0.4) is 0 Å². The molecule has 0 saturated carbocycles. The normalized spacial score (nSPS) is 11.6. The molecule has 0 atom stereocenters. The van der Waals surface area contributed by atoms with Gasteiger partial charge in [0.2, 0.25) is 0 Å². The Morgan fingerprint density at radius 2 is 2.00 bits per heavy atom. The summed E-state index contributed by atoms with van der Waals surface area (Å²) in [7, 11) is 0. The summed E-state index contributed by atoms with van der Waals surface area (Å²) >= 11 is 4.10. The Morgan fingerprint density at radius 3 is 2.45 bits per heavy atom. The van der Waals surface area contributed by atoms with Gasteiger partial charge in [0.1, 0.15) is 0 Å². The molecule has 11 heavy (non-hydrogen) atoms. The van der Waals surface area contributed by atoms with E-state index in [-0.39, 0.29) is 0 Å². The van der Waals surface area contributed by atoms with E-state index in [1.807, 2.05) is 0 Å². The first-order chi connectivity index (χ1) is 5.35. The van der Waals surface area contributed by atoms with Gasteiger partial charge < -0.3 is 0 Å². The molecule has 0 aliphatic carbocycles. The smallest absolute Gasteiger partial charge is 0.0163 e. The predicted octanol–water partition coefficient (Wildman–Crippen LogP) is 2.20. The van der Waals surface area contributed by atoms with Crippen molar-refractivity contribution in [1.82, 2.24) is 4.90 Å². The van der Waals surface area contributed by atoms with Crippen molar-refractivity contribution >= 4 is 12.6 Å². The van der Waals surface area contributed by atoms with Crippen molar-refractivity contribution in [2.75, 3.05) is 25.4 Å². The average molecular weight is 173 g/mol. The molecule has 1 nitrogen and oxygen atoms in total. The Kier molecular flexibility index (Phi) is 8.19. The third kappa shape index (κ3) is 6.45. The fraction of sp³-hybridized carbons (Fsp3) is 0.778. The zero-order valence-corrected chi connectivity index (χ0v) is 8.48. The number of hydrogen-bond acceptors (Lipinski definition) is 2. The van der Waals surface area contributed by atoms with Gasteiger partial charge in [-0.1, -0.05) is 26.0 Å². The van der Waals surface area contributed by atoms with Crippen molar-refractivity contribution < 1.29 is 0 Å². The molecule has 0 aromatic rings. The van der Waals surface area contributed by atoms with E-state index in [2.05, 4.69) is 43.5 Å². The zero-order chi connectivity index (χ0) is 8.53. The molecule has 0 amide bonds.